The molecule has 2 aromatic heterocycles. The van der Waals surface area contributed by atoms with E-state index in [9.17, 15) is 18.0 Å². The summed E-state index contributed by atoms with van der Waals surface area (Å²) in [6.07, 6.45) is -3.18. The first-order valence-corrected chi connectivity index (χ1v) is 8.07. The summed E-state index contributed by atoms with van der Waals surface area (Å²) in [4.78, 5) is 17.0. The van der Waals surface area contributed by atoms with Gasteiger partial charge in [0.1, 0.15) is 11.8 Å². The molecule has 1 aliphatic rings. The third-order valence-corrected chi connectivity index (χ3v) is 4.23. The third kappa shape index (κ3) is 3.05. The van der Waals surface area contributed by atoms with Crippen molar-refractivity contribution in [1.29, 1.82) is 0 Å². The molecule has 1 atom stereocenters. The van der Waals surface area contributed by atoms with E-state index in [-0.39, 0.29) is 5.57 Å². The van der Waals surface area contributed by atoms with Crippen LogP contribution in [0, 0.1) is 0 Å². The summed E-state index contributed by atoms with van der Waals surface area (Å²) in [7, 11) is 0. The van der Waals surface area contributed by atoms with Crippen LogP contribution in [0.3, 0.4) is 0 Å². The number of allylic oxidation sites excluding steroid dienone is 1. The SMILES string of the molecule is CC1=C(C(=O)OCC(F)(F)F)[C@H](c2ccco2)n2c(nc3ccccc32)N1. The van der Waals surface area contributed by atoms with E-state index < -0.39 is 24.8 Å². The van der Waals surface area contributed by atoms with Crippen LogP contribution in [0.4, 0.5) is 19.1 Å². The fourth-order valence-corrected chi connectivity index (χ4v) is 3.17. The van der Waals surface area contributed by atoms with Crippen molar-refractivity contribution in [2.45, 2.75) is 19.1 Å². The number of alkyl halides is 3. The monoisotopic (exact) mass is 377 g/mol. The number of esters is 1. The number of rotatable bonds is 3. The Morgan fingerprint density at radius 3 is 2.78 bits per heavy atom. The Kier molecular flexibility index (Phi) is 3.94. The zero-order valence-electron chi connectivity index (χ0n) is 14.1. The molecule has 1 N–H and O–H groups in total. The molecular formula is C18H14F3N3O3. The highest BCUT2D eigenvalue weighted by Gasteiger charge is 2.38. The van der Waals surface area contributed by atoms with Gasteiger partial charge in [-0.1, -0.05) is 12.1 Å². The Hall–Kier alpha value is -3.23. The first-order valence-electron chi connectivity index (χ1n) is 8.07. The van der Waals surface area contributed by atoms with Crippen LogP contribution in [0.1, 0.15) is 18.7 Å². The zero-order chi connectivity index (χ0) is 19.2. The summed E-state index contributed by atoms with van der Waals surface area (Å²) < 4.78 is 49.2. The normalized spacial score (nSPS) is 17.0. The Morgan fingerprint density at radius 1 is 1.30 bits per heavy atom. The van der Waals surface area contributed by atoms with E-state index in [1.807, 2.05) is 18.2 Å². The van der Waals surface area contributed by atoms with Gasteiger partial charge in [-0.25, -0.2) is 9.78 Å². The van der Waals surface area contributed by atoms with Gasteiger partial charge < -0.3 is 14.5 Å². The molecule has 0 bridgehead atoms. The van der Waals surface area contributed by atoms with Gasteiger partial charge in [0.15, 0.2) is 6.61 Å². The molecule has 140 valence electrons. The number of carbonyl (C=O) groups is 1. The number of fused-ring (bicyclic) bond motifs is 3. The van der Waals surface area contributed by atoms with Gasteiger partial charge in [0.05, 0.1) is 22.9 Å². The van der Waals surface area contributed by atoms with Gasteiger partial charge in [0.2, 0.25) is 5.95 Å². The highest BCUT2D eigenvalue weighted by molar-refractivity contribution is 5.93. The Balaban J connectivity index is 1.84. The minimum atomic E-state index is -4.61. The second-order valence-electron chi connectivity index (χ2n) is 6.07. The van der Waals surface area contributed by atoms with Crippen molar-refractivity contribution < 1.29 is 27.1 Å². The molecule has 4 rings (SSSR count). The maximum absolute atomic E-state index is 12.5. The van der Waals surface area contributed by atoms with Gasteiger partial charge in [0, 0.05) is 5.70 Å². The first kappa shape index (κ1) is 17.2. The predicted molar refractivity (Wildman–Crippen MR) is 89.9 cm³/mol. The topological polar surface area (TPSA) is 69.3 Å². The Morgan fingerprint density at radius 2 is 2.07 bits per heavy atom. The Labute approximate surface area is 151 Å². The molecule has 6 nitrogen and oxygen atoms in total. The molecule has 0 spiro atoms. The fraction of sp³-hybridized carbons (Fsp3) is 0.222. The number of anilines is 1. The number of halogens is 3. The van der Waals surface area contributed by atoms with Crippen LogP contribution < -0.4 is 5.32 Å². The average Bonchev–Trinajstić information content (AvgIpc) is 3.25. The Bertz CT molecular complexity index is 1040. The van der Waals surface area contributed by atoms with Gasteiger partial charge in [-0.2, -0.15) is 13.2 Å². The molecule has 0 amide bonds. The minimum Gasteiger partial charge on any atom is -0.467 e. The number of carbonyl (C=O) groups excluding carboxylic acids is 1. The first-order chi connectivity index (χ1) is 12.8. The van der Waals surface area contributed by atoms with Crippen LogP contribution in [0.2, 0.25) is 0 Å². The van der Waals surface area contributed by atoms with Crippen LogP contribution in [0.25, 0.3) is 11.0 Å². The molecule has 1 aromatic carbocycles. The molecule has 0 unspecified atom stereocenters. The molecule has 1 aliphatic heterocycles. The van der Waals surface area contributed by atoms with E-state index in [4.69, 9.17) is 4.42 Å². The number of furan rings is 1. The molecule has 9 heteroatoms. The second-order valence-corrected chi connectivity index (χ2v) is 6.07. The molecule has 0 saturated carbocycles. The predicted octanol–water partition coefficient (Wildman–Crippen LogP) is 4.02. The lowest BCUT2D eigenvalue weighted by molar-refractivity contribution is -0.183. The number of hydrogen-bond donors (Lipinski definition) is 1. The summed E-state index contributed by atoms with van der Waals surface area (Å²) in [5.41, 5.74) is 1.76. The molecule has 0 radical (unpaired) electrons. The number of ether oxygens (including phenoxy) is 1. The second kappa shape index (κ2) is 6.19. The van der Waals surface area contributed by atoms with Crippen LogP contribution in [-0.4, -0.2) is 28.3 Å². The van der Waals surface area contributed by atoms with Gasteiger partial charge >= 0.3 is 12.1 Å². The standard InChI is InChI=1S/C18H14F3N3O3/c1-10-14(16(25)27-9-18(19,20)21)15(13-7-4-8-26-13)24-12-6-3-2-5-11(12)23-17(24)22-10/h2-8,15H,9H2,1H3,(H,22,23)/t15-/m0/s1. The average molecular weight is 377 g/mol. The van der Waals surface area contributed by atoms with Crippen LogP contribution >= 0.6 is 0 Å². The molecule has 0 fully saturated rings. The van der Waals surface area contributed by atoms with E-state index in [1.54, 1.807) is 29.7 Å². The van der Waals surface area contributed by atoms with E-state index in [1.165, 1.54) is 6.26 Å². The summed E-state index contributed by atoms with van der Waals surface area (Å²) in [6.45, 7) is -0.0754. The lowest BCUT2D eigenvalue weighted by Crippen LogP contribution is -2.30. The number of nitrogens with one attached hydrogen (secondary N) is 1. The number of imidazole rings is 1. The van der Waals surface area contributed by atoms with Gasteiger partial charge in [-0.05, 0) is 31.2 Å². The fourth-order valence-electron chi connectivity index (χ4n) is 3.17. The van der Waals surface area contributed by atoms with Crippen LogP contribution in [-0.2, 0) is 9.53 Å². The smallest absolute Gasteiger partial charge is 0.422 e. The van der Waals surface area contributed by atoms with Gasteiger partial charge in [-0.15, -0.1) is 0 Å². The highest BCUT2D eigenvalue weighted by Crippen LogP contribution is 2.39. The zero-order valence-corrected chi connectivity index (χ0v) is 14.1. The molecule has 0 aliphatic carbocycles. The number of nitrogens with zero attached hydrogens (tertiary/aromatic N) is 2. The number of benzene rings is 1. The number of hydrogen-bond acceptors (Lipinski definition) is 5. The van der Waals surface area contributed by atoms with E-state index in [0.29, 0.717) is 28.4 Å². The van der Waals surface area contributed by atoms with Crippen molar-refractivity contribution in [1.82, 2.24) is 9.55 Å². The van der Waals surface area contributed by atoms with Crippen LogP contribution in [0.15, 0.2) is 58.3 Å². The minimum absolute atomic E-state index is 0.0323. The summed E-state index contributed by atoms with van der Waals surface area (Å²) >= 11 is 0. The van der Waals surface area contributed by atoms with Crippen LogP contribution in [0.5, 0.6) is 0 Å². The van der Waals surface area contributed by atoms with Crippen molar-refractivity contribution in [3.05, 3.63) is 59.7 Å². The van der Waals surface area contributed by atoms with E-state index >= 15 is 0 Å². The van der Waals surface area contributed by atoms with Crippen molar-refractivity contribution in [2.24, 2.45) is 0 Å². The van der Waals surface area contributed by atoms with Crippen molar-refractivity contribution in [3.63, 3.8) is 0 Å². The van der Waals surface area contributed by atoms with Crippen molar-refractivity contribution in [2.75, 3.05) is 11.9 Å². The summed E-state index contributed by atoms with van der Waals surface area (Å²) in [6, 6.07) is 9.74. The maximum Gasteiger partial charge on any atom is 0.422 e. The van der Waals surface area contributed by atoms with Crippen molar-refractivity contribution >= 4 is 23.0 Å². The molecular weight excluding hydrogens is 363 g/mol. The number of para-hydroxylation sites is 2. The van der Waals surface area contributed by atoms with Crippen molar-refractivity contribution in [3.8, 4) is 0 Å². The maximum atomic E-state index is 12.5. The largest absolute Gasteiger partial charge is 0.467 e. The molecule has 3 heterocycles. The van der Waals surface area contributed by atoms with E-state index in [0.717, 1.165) is 0 Å². The summed E-state index contributed by atoms with van der Waals surface area (Å²) in [5.74, 6) is -0.219. The summed E-state index contributed by atoms with van der Waals surface area (Å²) in [5, 5.41) is 2.98. The molecule has 27 heavy (non-hydrogen) atoms. The van der Waals surface area contributed by atoms with E-state index in [2.05, 4.69) is 15.0 Å². The van der Waals surface area contributed by atoms with Gasteiger partial charge in [0.25, 0.3) is 0 Å². The van der Waals surface area contributed by atoms with Gasteiger partial charge in [-0.3, -0.25) is 4.57 Å². The lowest BCUT2D eigenvalue weighted by atomic mass is 10.0. The quantitative estimate of drug-likeness (QED) is 0.698. The third-order valence-electron chi connectivity index (χ3n) is 4.23. The highest BCUT2D eigenvalue weighted by atomic mass is 19.4. The number of aromatic nitrogens is 2. The molecule has 0 saturated heterocycles. The molecule has 3 aromatic rings. The lowest BCUT2D eigenvalue weighted by Gasteiger charge is -2.28.